The molecule has 1 aromatic heterocycles. The molecule has 1 atom stereocenters. The number of nitrogen functional groups attached to an aromatic ring is 1. The molecule has 0 spiro atoms. The fraction of sp³-hybridized carbons (Fsp3) is 0.615. The van der Waals surface area contributed by atoms with E-state index < -0.39 is 0 Å². The molecule has 0 radical (unpaired) electrons. The summed E-state index contributed by atoms with van der Waals surface area (Å²) in [7, 11) is 1.84. The Morgan fingerprint density at radius 1 is 1.59 bits per heavy atom. The Morgan fingerprint density at radius 2 is 2.29 bits per heavy atom. The van der Waals surface area contributed by atoms with Crippen LogP contribution in [0.1, 0.15) is 43.6 Å². The molecule has 2 rings (SSSR count). The summed E-state index contributed by atoms with van der Waals surface area (Å²) in [4.78, 5) is 12.1. The lowest BCUT2D eigenvalue weighted by Crippen LogP contribution is -2.42. The minimum absolute atomic E-state index is 0.0239. The molecule has 1 aliphatic rings. The molecule has 1 amide bonds. The summed E-state index contributed by atoms with van der Waals surface area (Å²) in [6.07, 6.45) is 5.19. The maximum Gasteiger partial charge on any atom is 0.268 e. The zero-order chi connectivity index (χ0) is 12.6. The van der Waals surface area contributed by atoms with E-state index in [0.29, 0.717) is 11.4 Å². The molecule has 0 saturated heterocycles. The molecule has 0 aliphatic heterocycles. The van der Waals surface area contributed by atoms with E-state index in [4.69, 9.17) is 5.73 Å². The SMILES string of the molecule is Cn1cc(N)cc1C(=O)NC1CCCC1(C)C. The largest absolute Gasteiger partial charge is 0.397 e. The van der Waals surface area contributed by atoms with Crippen molar-refractivity contribution < 1.29 is 4.79 Å². The number of carbonyl (C=O) groups is 1. The molecule has 1 unspecified atom stereocenters. The highest BCUT2D eigenvalue weighted by Gasteiger charge is 2.35. The lowest BCUT2D eigenvalue weighted by atomic mass is 9.87. The zero-order valence-electron chi connectivity index (χ0n) is 10.8. The average molecular weight is 235 g/mol. The van der Waals surface area contributed by atoms with Gasteiger partial charge in [0.2, 0.25) is 0 Å². The van der Waals surface area contributed by atoms with Crippen LogP contribution in [0.25, 0.3) is 0 Å². The van der Waals surface area contributed by atoms with Crippen molar-refractivity contribution in [2.45, 2.75) is 39.2 Å². The number of nitrogens with zero attached hydrogens (tertiary/aromatic N) is 1. The summed E-state index contributed by atoms with van der Waals surface area (Å²) in [5.41, 5.74) is 7.14. The fourth-order valence-electron chi connectivity index (χ4n) is 2.64. The van der Waals surface area contributed by atoms with Gasteiger partial charge in [-0.2, -0.15) is 0 Å². The Bertz CT molecular complexity index is 434. The molecule has 1 fully saturated rings. The van der Waals surface area contributed by atoms with Gasteiger partial charge in [-0.15, -0.1) is 0 Å². The summed E-state index contributed by atoms with van der Waals surface area (Å²) in [5.74, 6) is -0.0239. The van der Waals surface area contributed by atoms with Gasteiger partial charge in [-0.1, -0.05) is 20.3 Å². The number of aromatic nitrogens is 1. The van der Waals surface area contributed by atoms with Gasteiger partial charge >= 0.3 is 0 Å². The third kappa shape index (κ3) is 2.30. The van der Waals surface area contributed by atoms with Gasteiger partial charge in [0, 0.05) is 19.3 Å². The van der Waals surface area contributed by atoms with Crippen molar-refractivity contribution in [3.8, 4) is 0 Å². The van der Waals surface area contributed by atoms with Crippen molar-refractivity contribution >= 4 is 11.6 Å². The molecule has 1 aromatic rings. The van der Waals surface area contributed by atoms with Crippen LogP contribution in [0, 0.1) is 5.41 Å². The number of amides is 1. The van der Waals surface area contributed by atoms with Crippen LogP contribution in [0.2, 0.25) is 0 Å². The average Bonchev–Trinajstić information content (AvgIpc) is 2.70. The summed E-state index contributed by atoms with van der Waals surface area (Å²) in [6, 6.07) is 1.99. The molecule has 0 aromatic carbocycles. The lowest BCUT2D eigenvalue weighted by molar-refractivity contribution is 0.0901. The van der Waals surface area contributed by atoms with Crippen LogP contribution >= 0.6 is 0 Å². The first kappa shape index (κ1) is 12.0. The first-order valence-electron chi connectivity index (χ1n) is 6.13. The van der Waals surface area contributed by atoms with Crippen molar-refractivity contribution in [1.29, 1.82) is 0 Å². The van der Waals surface area contributed by atoms with Crippen LogP contribution in [0.4, 0.5) is 5.69 Å². The molecular formula is C13H21N3O. The van der Waals surface area contributed by atoms with E-state index in [-0.39, 0.29) is 17.4 Å². The minimum Gasteiger partial charge on any atom is -0.397 e. The van der Waals surface area contributed by atoms with Gasteiger partial charge in [0.25, 0.3) is 5.91 Å². The number of carbonyl (C=O) groups excluding carboxylic acids is 1. The Balaban J connectivity index is 2.10. The van der Waals surface area contributed by atoms with Gasteiger partial charge in [0.05, 0.1) is 5.69 Å². The quantitative estimate of drug-likeness (QED) is 0.822. The highest BCUT2D eigenvalue weighted by Crippen LogP contribution is 2.37. The highest BCUT2D eigenvalue weighted by molar-refractivity contribution is 5.94. The molecule has 1 aliphatic carbocycles. The molecule has 17 heavy (non-hydrogen) atoms. The van der Waals surface area contributed by atoms with Gasteiger partial charge in [-0.05, 0) is 24.3 Å². The third-order valence-corrected chi connectivity index (χ3v) is 3.82. The molecule has 4 nitrogen and oxygen atoms in total. The maximum atomic E-state index is 12.1. The summed E-state index contributed by atoms with van der Waals surface area (Å²) >= 11 is 0. The molecule has 4 heteroatoms. The fourth-order valence-corrected chi connectivity index (χ4v) is 2.64. The van der Waals surface area contributed by atoms with Crippen LogP contribution in [-0.4, -0.2) is 16.5 Å². The highest BCUT2D eigenvalue weighted by atomic mass is 16.2. The Kier molecular flexibility index (Phi) is 2.89. The number of nitrogens with one attached hydrogen (secondary N) is 1. The van der Waals surface area contributed by atoms with Crippen LogP contribution in [0.5, 0.6) is 0 Å². The van der Waals surface area contributed by atoms with Gasteiger partial charge < -0.3 is 15.6 Å². The standard InChI is InChI=1S/C13H21N3O/c1-13(2)6-4-5-11(13)15-12(17)10-7-9(14)8-16(10)3/h7-8,11H,4-6,14H2,1-3H3,(H,15,17). The first-order chi connectivity index (χ1) is 7.90. The van der Waals surface area contributed by atoms with Crippen LogP contribution < -0.4 is 11.1 Å². The van der Waals surface area contributed by atoms with E-state index in [0.717, 1.165) is 6.42 Å². The van der Waals surface area contributed by atoms with Gasteiger partial charge in [-0.3, -0.25) is 4.79 Å². The van der Waals surface area contributed by atoms with Crippen molar-refractivity contribution in [3.05, 3.63) is 18.0 Å². The van der Waals surface area contributed by atoms with Crippen LogP contribution in [0.3, 0.4) is 0 Å². The summed E-state index contributed by atoms with van der Waals surface area (Å²) in [5, 5.41) is 3.12. The Morgan fingerprint density at radius 3 is 2.76 bits per heavy atom. The summed E-state index contributed by atoms with van der Waals surface area (Å²) < 4.78 is 1.77. The van der Waals surface area contributed by atoms with Crippen LogP contribution in [0.15, 0.2) is 12.3 Å². The Labute approximate surface area is 102 Å². The molecular weight excluding hydrogens is 214 g/mol. The number of nitrogens with two attached hydrogens (primary N) is 1. The minimum atomic E-state index is -0.0239. The third-order valence-electron chi connectivity index (χ3n) is 3.82. The summed E-state index contributed by atoms with van der Waals surface area (Å²) in [6.45, 7) is 4.43. The molecule has 1 heterocycles. The Hall–Kier alpha value is -1.45. The van der Waals surface area contributed by atoms with Gasteiger partial charge in [0.15, 0.2) is 0 Å². The van der Waals surface area contributed by atoms with Gasteiger partial charge in [0.1, 0.15) is 5.69 Å². The van der Waals surface area contributed by atoms with Crippen molar-refractivity contribution in [3.63, 3.8) is 0 Å². The van der Waals surface area contributed by atoms with Crippen LogP contribution in [-0.2, 0) is 7.05 Å². The van der Waals surface area contributed by atoms with Gasteiger partial charge in [-0.25, -0.2) is 0 Å². The zero-order valence-corrected chi connectivity index (χ0v) is 10.8. The second-order valence-electron chi connectivity index (χ2n) is 5.68. The smallest absolute Gasteiger partial charge is 0.268 e. The van der Waals surface area contributed by atoms with E-state index in [1.54, 1.807) is 16.8 Å². The van der Waals surface area contributed by atoms with Crippen molar-refractivity contribution in [1.82, 2.24) is 9.88 Å². The first-order valence-corrected chi connectivity index (χ1v) is 6.13. The number of hydrogen-bond donors (Lipinski definition) is 2. The van der Waals surface area contributed by atoms with E-state index in [2.05, 4.69) is 19.2 Å². The van der Waals surface area contributed by atoms with E-state index in [1.807, 2.05) is 7.05 Å². The second-order valence-corrected chi connectivity index (χ2v) is 5.68. The number of rotatable bonds is 2. The molecule has 3 N–H and O–H groups in total. The van der Waals surface area contributed by atoms with E-state index >= 15 is 0 Å². The molecule has 0 bridgehead atoms. The molecule has 94 valence electrons. The van der Waals surface area contributed by atoms with Crippen molar-refractivity contribution in [2.75, 3.05) is 5.73 Å². The van der Waals surface area contributed by atoms with E-state index in [1.165, 1.54) is 12.8 Å². The monoisotopic (exact) mass is 235 g/mol. The topological polar surface area (TPSA) is 60.0 Å². The predicted molar refractivity (Wildman–Crippen MR) is 68.7 cm³/mol. The van der Waals surface area contributed by atoms with E-state index in [9.17, 15) is 4.79 Å². The number of hydrogen-bond acceptors (Lipinski definition) is 2. The number of aryl methyl sites for hydroxylation is 1. The second kappa shape index (κ2) is 4.09. The predicted octanol–water partition coefficient (Wildman–Crippen LogP) is 1.92. The lowest BCUT2D eigenvalue weighted by Gasteiger charge is -2.27. The number of anilines is 1. The molecule has 1 saturated carbocycles. The van der Waals surface area contributed by atoms with Crippen molar-refractivity contribution in [2.24, 2.45) is 12.5 Å². The normalized spacial score (nSPS) is 22.6. The maximum absolute atomic E-state index is 12.1.